The van der Waals surface area contributed by atoms with Crippen molar-refractivity contribution in [3.05, 3.63) is 108 Å². The van der Waals surface area contributed by atoms with Crippen molar-refractivity contribution in [3.63, 3.8) is 0 Å². The minimum Gasteiger partial charge on any atom is -0.468 e. The number of hydrogen-bond acceptors (Lipinski definition) is 5. The standard InChI is InChI=1S/C25H27NO4S/c1-30-24(27)23(18-19-31(2,28)29)26-25(20-12-6-3-7-13-20,21-14-8-4-9-15-21)22-16-10-5-11-17-22/h3-17,23,26H,18-19H2,1-2H3. The van der Waals surface area contributed by atoms with Crippen LogP contribution < -0.4 is 5.32 Å². The smallest absolute Gasteiger partial charge is 0.322 e. The molecule has 0 spiro atoms. The fourth-order valence-corrected chi connectivity index (χ4v) is 4.46. The zero-order valence-electron chi connectivity index (χ0n) is 17.7. The van der Waals surface area contributed by atoms with Gasteiger partial charge in [0, 0.05) is 6.26 Å². The summed E-state index contributed by atoms with van der Waals surface area (Å²) in [5.74, 6) is -0.635. The number of esters is 1. The van der Waals surface area contributed by atoms with Gasteiger partial charge in [-0.2, -0.15) is 0 Å². The minimum atomic E-state index is -3.26. The molecule has 0 saturated carbocycles. The molecule has 3 aromatic rings. The van der Waals surface area contributed by atoms with Crippen LogP contribution in [0.2, 0.25) is 0 Å². The number of ether oxygens (including phenoxy) is 1. The highest BCUT2D eigenvalue weighted by atomic mass is 32.2. The van der Waals surface area contributed by atoms with Crippen molar-refractivity contribution >= 4 is 15.8 Å². The van der Waals surface area contributed by atoms with Crippen LogP contribution in [-0.2, 0) is 24.9 Å². The number of nitrogens with one attached hydrogen (secondary N) is 1. The summed E-state index contributed by atoms with van der Waals surface area (Å²) in [7, 11) is -1.95. The van der Waals surface area contributed by atoms with E-state index in [0.29, 0.717) is 0 Å². The van der Waals surface area contributed by atoms with Gasteiger partial charge in [0.2, 0.25) is 0 Å². The normalized spacial score (nSPS) is 12.8. The Morgan fingerprint density at radius 3 is 1.55 bits per heavy atom. The average Bonchev–Trinajstić information content (AvgIpc) is 2.80. The third kappa shape index (κ3) is 5.40. The fraction of sp³-hybridized carbons (Fsp3) is 0.240. The second-order valence-corrected chi connectivity index (χ2v) is 9.75. The van der Waals surface area contributed by atoms with Crippen LogP contribution in [-0.4, -0.2) is 39.5 Å². The maximum Gasteiger partial charge on any atom is 0.322 e. The lowest BCUT2D eigenvalue weighted by Crippen LogP contribution is -2.53. The topological polar surface area (TPSA) is 72.5 Å². The fourth-order valence-electron chi connectivity index (χ4n) is 3.80. The summed E-state index contributed by atoms with van der Waals surface area (Å²) in [6.45, 7) is 0. The lowest BCUT2D eigenvalue weighted by Gasteiger charge is -2.39. The quantitative estimate of drug-likeness (QED) is 0.409. The summed E-state index contributed by atoms with van der Waals surface area (Å²) in [5, 5.41) is 3.50. The number of rotatable bonds is 9. The van der Waals surface area contributed by atoms with E-state index in [0.717, 1.165) is 16.7 Å². The highest BCUT2D eigenvalue weighted by molar-refractivity contribution is 7.90. The van der Waals surface area contributed by atoms with Gasteiger partial charge in [0.15, 0.2) is 0 Å². The van der Waals surface area contributed by atoms with Crippen molar-refractivity contribution in [2.75, 3.05) is 19.1 Å². The van der Waals surface area contributed by atoms with E-state index in [2.05, 4.69) is 5.32 Å². The van der Waals surface area contributed by atoms with Crippen LogP contribution in [0.4, 0.5) is 0 Å². The Labute approximate surface area is 184 Å². The molecule has 1 N–H and O–H groups in total. The maximum atomic E-state index is 12.7. The van der Waals surface area contributed by atoms with Gasteiger partial charge >= 0.3 is 5.97 Å². The first-order chi connectivity index (χ1) is 14.9. The van der Waals surface area contributed by atoms with Crippen LogP contribution >= 0.6 is 0 Å². The molecular formula is C25H27NO4S. The van der Waals surface area contributed by atoms with Crippen molar-refractivity contribution in [2.24, 2.45) is 0 Å². The van der Waals surface area contributed by atoms with Crippen molar-refractivity contribution in [1.29, 1.82) is 0 Å². The van der Waals surface area contributed by atoms with Gasteiger partial charge < -0.3 is 4.74 Å². The van der Waals surface area contributed by atoms with Gasteiger partial charge in [0.25, 0.3) is 0 Å². The van der Waals surface area contributed by atoms with Crippen molar-refractivity contribution < 1.29 is 17.9 Å². The molecule has 0 amide bonds. The van der Waals surface area contributed by atoms with E-state index in [-0.39, 0.29) is 12.2 Å². The van der Waals surface area contributed by atoms with Gasteiger partial charge in [0.05, 0.1) is 18.4 Å². The largest absolute Gasteiger partial charge is 0.468 e. The molecule has 0 aromatic heterocycles. The molecule has 0 saturated heterocycles. The van der Waals surface area contributed by atoms with Crippen molar-refractivity contribution in [3.8, 4) is 0 Å². The summed E-state index contributed by atoms with van der Waals surface area (Å²) >= 11 is 0. The lowest BCUT2D eigenvalue weighted by atomic mass is 9.76. The number of sulfone groups is 1. The Bertz CT molecular complexity index is 987. The van der Waals surface area contributed by atoms with Crippen LogP contribution in [0.15, 0.2) is 91.0 Å². The first-order valence-corrected chi connectivity index (χ1v) is 12.1. The van der Waals surface area contributed by atoms with E-state index >= 15 is 0 Å². The highest BCUT2D eigenvalue weighted by Crippen LogP contribution is 2.37. The molecule has 0 fully saturated rings. The molecular weight excluding hydrogens is 410 g/mol. The monoisotopic (exact) mass is 437 g/mol. The molecule has 1 atom stereocenters. The summed E-state index contributed by atoms with van der Waals surface area (Å²) < 4.78 is 28.7. The van der Waals surface area contributed by atoms with Crippen LogP contribution in [0.25, 0.3) is 0 Å². The van der Waals surface area contributed by atoms with Crippen LogP contribution in [0.5, 0.6) is 0 Å². The molecule has 0 radical (unpaired) electrons. The SMILES string of the molecule is COC(=O)C(CCS(C)(=O)=O)NC(c1ccccc1)(c1ccccc1)c1ccccc1. The molecule has 6 heteroatoms. The van der Waals surface area contributed by atoms with E-state index in [4.69, 9.17) is 4.74 Å². The first kappa shape index (κ1) is 22.7. The Hall–Kier alpha value is -2.96. The molecule has 0 bridgehead atoms. The van der Waals surface area contributed by atoms with Crippen LogP contribution in [0, 0.1) is 0 Å². The zero-order valence-corrected chi connectivity index (χ0v) is 18.5. The Morgan fingerprint density at radius 2 is 1.23 bits per heavy atom. The summed E-state index contributed by atoms with van der Waals surface area (Å²) in [5.41, 5.74) is 1.90. The van der Waals surface area contributed by atoms with E-state index in [1.165, 1.54) is 13.4 Å². The third-order valence-corrected chi connectivity index (χ3v) is 6.25. The molecule has 0 aliphatic heterocycles. The van der Waals surface area contributed by atoms with Crippen LogP contribution in [0.3, 0.4) is 0 Å². The number of methoxy groups -OCH3 is 1. The number of hydrogen-bond donors (Lipinski definition) is 1. The summed E-state index contributed by atoms with van der Waals surface area (Å²) in [6.07, 6.45) is 1.26. The van der Waals surface area contributed by atoms with E-state index < -0.39 is 27.4 Å². The van der Waals surface area contributed by atoms with Gasteiger partial charge in [-0.3, -0.25) is 10.1 Å². The number of carbonyl (C=O) groups is 1. The zero-order chi connectivity index (χ0) is 22.3. The van der Waals surface area contributed by atoms with E-state index in [1.807, 2.05) is 91.0 Å². The van der Waals surface area contributed by atoms with Crippen LogP contribution in [0.1, 0.15) is 23.1 Å². The number of carbonyl (C=O) groups excluding carboxylic acids is 1. The molecule has 3 aromatic carbocycles. The maximum absolute atomic E-state index is 12.7. The van der Waals surface area contributed by atoms with Gasteiger partial charge in [-0.25, -0.2) is 8.42 Å². The molecule has 0 aliphatic carbocycles. The average molecular weight is 438 g/mol. The highest BCUT2D eigenvalue weighted by Gasteiger charge is 2.40. The summed E-state index contributed by atoms with van der Waals surface area (Å²) in [6, 6.07) is 28.6. The van der Waals surface area contributed by atoms with Gasteiger partial charge in [0.1, 0.15) is 15.9 Å². The predicted molar refractivity (Wildman–Crippen MR) is 122 cm³/mol. The van der Waals surface area contributed by atoms with Gasteiger partial charge in [-0.1, -0.05) is 91.0 Å². The Kier molecular flexibility index (Phi) is 7.25. The molecule has 0 heterocycles. The van der Waals surface area contributed by atoms with E-state index in [9.17, 15) is 13.2 Å². The third-order valence-electron chi connectivity index (χ3n) is 5.27. The Morgan fingerprint density at radius 1 is 0.839 bits per heavy atom. The first-order valence-electron chi connectivity index (χ1n) is 10.1. The molecule has 0 aliphatic rings. The van der Waals surface area contributed by atoms with Crippen molar-refractivity contribution in [1.82, 2.24) is 5.32 Å². The molecule has 5 nitrogen and oxygen atoms in total. The Balaban J connectivity index is 2.22. The lowest BCUT2D eigenvalue weighted by molar-refractivity contribution is -0.143. The minimum absolute atomic E-state index is 0.0970. The number of benzene rings is 3. The molecule has 1 unspecified atom stereocenters. The second-order valence-electron chi connectivity index (χ2n) is 7.49. The van der Waals surface area contributed by atoms with Gasteiger partial charge in [-0.15, -0.1) is 0 Å². The molecule has 162 valence electrons. The second kappa shape index (κ2) is 9.90. The summed E-state index contributed by atoms with van der Waals surface area (Å²) in [4.78, 5) is 12.7. The molecule has 3 rings (SSSR count). The van der Waals surface area contributed by atoms with Gasteiger partial charge in [-0.05, 0) is 23.1 Å². The molecule has 31 heavy (non-hydrogen) atoms. The van der Waals surface area contributed by atoms with Crippen molar-refractivity contribution in [2.45, 2.75) is 18.0 Å². The van der Waals surface area contributed by atoms with E-state index in [1.54, 1.807) is 0 Å². The predicted octanol–water partition coefficient (Wildman–Crippen LogP) is 3.54.